The van der Waals surface area contributed by atoms with Crippen LogP contribution in [0.1, 0.15) is 31.2 Å². The van der Waals surface area contributed by atoms with Gasteiger partial charge in [-0.25, -0.2) is 9.78 Å². The minimum Gasteiger partial charge on any atom is -0.370 e. The summed E-state index contributed by atoms with van der Waals surface area (Å²) in [6, 6.07) is 0. The summed E-state index contributed by atoms with van der Waals surface area (Å²) < 4.78 is 10.1. The largest absolute Gasteiger partial charge is 0.370 e. The molecule has 8 nitrogen and oxygen atoms in total. The lowest BCUT2D eigenvalue weighted by molar-refractivity contribution is 0.103. The van der Waals surface area contributed by atoms with Crippen LogP contribution in [-0.2, 0) is 25.4 Å². The summed E-state index contributed by atoms with van der Waals surface area (Å²) >= 11 is 0. The van der Waals surface area contributed by atoms with Gasteiger partial charge in [-0.3, -0.25) is 13.9 Å². The van der Waals surface area contributed by atoms with Crippen LogP contribution in [0.4, 0.5) is 0 Å². The molecule has 2 aromatic rings. The van der Waals surface area contributed by atoms with Gasteiger partial charge in [0.1, 0.15) is 11.9 Å². The molecular formula is C14H21N5O3. The van der Waals surface area contributed by atoms with Crippen LogP contribution in [0.3, 0.4) is 0 Å². The average molecular weight is 307 g/mol. The van der Waals surface area contributed by atoms with E-state index in [1.165, 1.54) is 9.13 Å². The van der Waals surface area contributed by atoms with Crippen molar-refractivity contribution in [3.05, 3.63) is 26.7 Å². The molecule has 1 unspecified atom stereocenters. The minimum atomic E-state index is -0.358. The number of rotatable bonds is 4. The van der Waals surface area contributed by atoms with Gasteiger partial charge in [-0.1, -0.05) is 0 Å². The lowest BCUT2D eigenvalue weighted by Crippen LogP contribution is -2.40. The molecule has 3 heterocycles. The first-order valence-electron chi connectivity index (χ1n) is 7.54. The Kier molecular flexibility index (Phi) is 3.88. The Balaban J connectivity index is 2.24. The van der Waals surface area contributed by atoms with Crippen LogP contribution in [0, 0.1) is 0 Å². The summed E-state index contributed by atoms with van der Waals surface area (Å²) in [6.07, 6.45) is 2.33. The lowest BCUT2D eigenvalue weighted by Gasteiger charge is -2.09. The topological polar surface area (TPSA) is 97.1 Å². The lowest BCUT2D eigenvalue weighted by atomic mass is 10.2. The van der Waals surface area contributed by atoms with Crippen LogP contribution < -0.4 is 17.0 Å². The third-order valence-corrected chi connectivity index (χ3v) is 4.20. The van der Waals surface area contributed by atoms with E-state index in [1.54, 1.807) is 18.7 Å². The van der Waals surface area contributed by atoms with Crippen molar-refractivity contribution in [2.45, 2.75) is 31.9 Å². The molecule has 0 spiro atoms. The molecule has 1 aliphatic heterocycles. The van der Waals surface area contributed by atoms with E-state index in [2.05, 4.69) is 4.98 Å². The first-order valence-corrected chi connectivity index (χ1v) is 7.54. The van der Waals surface area contributed by atoms with Crippen molar-refractivity contribution < 1.29 is 4.74 Å². The molecule has 8 heteroatoms. The van der Waals surface area contributed by atoms with Gasteiger partial charge in [0, 0.05) is 27.2 Å². The highest BCUT2D eigenvalue weighted by Gasteiger charge is 2.26. The Bertz CT molecular complexity index is 810. The van der Waals surface area contributed by atoms with Gasteiger partial charge in [0.15, 0.2) is 11.2 Å². The van der Waals surface area contributed by atoms with Crippen LogP contribution in [0.5, 0.6) is 0 Å². The number of ether oxygens (including phenoxy) is 1. The van der Waals surface area contributed by atoms with Crippen molar-refractivity contribution >= 4 is 11.2 Å². The van der Waals surface area contributed by atoms with Gasteiger partial charge in [0.25, 0.3) is 5.56 Å². The molecule has 3 rings (SSSR count). The highest BCUT2D eigenvalue weighted by Crippen LogP contribution is 2.28. The first-order chi connectivity index (χ1) is 10.6. The number of aromatic nitrogens is 4. The molecule has 0 aromatic carbocycles. The van der Waals surface area contributed by atoms with Gasteiger partial charge in [-0.15, -0.1) is 0 Å². The highest BCUT2D eigenvalue weighted by molar-refractivity contribution is 5.71. The molecule has 1 atom stereocenters. The van der Waals surface area contributed by atoms with Crippen LogP contribution in [-0.4, -0.2) is 31.8 Å². The van der Waals surface area contributed by atoms with E-state index in [4.69, 9.17) is 10.5 Å². The summed E-state index contributed by atoms with van der Waals surface area (Å²) in [7, 11) is 3.43. The van der Waals surface area contributed by atoms with Crippen LogP contribution in [0.25, 0.3) is 11.2 Å². The SMILES string of the molecule is Cn1c(C2CCCO2)nc2c1c(=O)n(CCCN)c(=O)n2C. The van der Waals surface area contributed by atoms with Gasteiger partial charge < -0.3 is 15.0 Å². The molecule has 0 bridgehead atoms. The Morgan fingerprint density at radius 1 is 1.32 bits per heavy atom. The van der Waals surface area contributed by atoms with Gasteiger partial charge >= 0.3 is 5.69 Å². The quantitative estimate of drug-likeness (QED) is 0.831. The molecule has 120 valence electrons. The molecule has 0 saturated carbocycles. The zero-order chi connectivity index (χ0) is 15.9. The van der Waals surface area contributed by atoms with Crippen molar-refractivity contribution in [1.82, 2.24) is 18.7 Å². The Hall–Kier alpha value is -1.93. The molecule has 0 amide bonds. The summed E-state index contributed by atoms with van der Waals surface area (Å²) in [5.41, 5.74) is 5.66. The van der Waals surface area contributed by atoms with Gasteiger partial charge in [-0.05, 0) is 25.8 Å². The second kappa shape index (κ2) is 5.69. The third kappa shape index (κ3) is 2.19. The molecule has 0 radical (unpaired) electrons. The predicted octanol–water partition coefficient (Wildman–Crippen LogP) is -0.366. The van der Waals surface area contributed by atoms with Crippen molar-refractivity contribution in [2.24, 2.45) is 19.8 Å². The fourth-order valence-electron chi connectivity index (χ4n) is 2.98. The second-order valence-corrected chi connectivity index (χ2v) is 5.64. The number of nitrogens with two attached hydrogens (primary N) is 1. The smallest absolute Gasteiger partial charge is 0.332 e. The van der Waals surface area contributed by atoms with E-state index in [0.717, 1.165) is 12.8 Å². The monoisotopic (exact) mass is 307 g/mol. The Morgan fingerprint density at radius 3 is 2.73 bits per heavy atom. The van der Waals surface area contributed by atoms with Crippen molar-refractivity contribution in [1.29, 1.82) is 0 Å². The van der Waals surface area contributed by atoms with Crippen molar-refractivity contribution in [3.8, 4) is 0 Å². The maximum atomic E-state index is 12.7. The van der Waals surface area contributed by atoms with Crippen LogP contribution in [0.15, 0.2) is 9.59 Å². The standard InChI is InChI=1S/C14H21N5O3/c1-17-10-12(16-11(17)9-5-3-8-22-9)18(2)14(21)19(13(10)20)7-4-6-15/h9H,3-8,15H2,1-2H3. The summed E-state index contributed by atoms with van der Waals surface area (Å²) in [5, 5.41) is 0. The predicted molar refractivity (Wildman–Crippen MR) is 81.8 cm³/mol. The number of hydrogen-bond acceptors (Lipinski definition) is 5. The number of imidazole rings is 1. The van der Waals surface area contributed by atoms with E-state index in [-0.39, 0.29) is 17.4 Å². The van der Waals surface area contributed by atoms with E-state index in [0.29, 0.717) is 43.1 Å². The third-order valence-electron chi connectivity index (χ3n) is 4.20. The molecule has 1 aliphatic rings. The molecule has 2 N–H and O–H groups in total. The second-order valence-electron chi connectivity index (χ2n) is 5.64. The number of aryl methyl sites for hydroxylation is 2. The molecule has 0 aliphatic carbocycles. The number of nitrogens with zero attached hydrogens (tertiary/aromatic N) is 4. The molecule has 2 aromatic heterocycles. The zero-order valence-electron chi connectivity index (χ0n) is 12.9. The number of fused-ring (bicyclic) bond motifs is 1. The normalized spacial score (nSPS) is 18.4. The maximum Gasteiger partial charge on any atom is 0.332 e. The van der Waals surface area contributed by atoms with Gasteiger partial charge in [-0.2, -0.15) is 0 Å². The fourth-order valence-corrected chi connectivity index (χ4v) is 2.98. The minimum absolute atomic E-state index is 0.107. The molecule has 1 saturated heterocycles. The Morgan fingerprint density at radius 2 is 2.09 bits per heavy atom. The molecular weight excluding hydrogens is 286 g/mol. The number of hydrogen-bond donors (Lipinski definition) is 1. The van der Waals surface area contributed by atoms with Crippen LogP contribution >= 0.6 is 0 Å². The maximum absolute atomic E-state index is 12.7. The fraction of sp³-hybridized carbons (Fsp3) is 0.643. The zero-order valence-corrected chi connectivity index (χ0v) is 12.9. The van der Waals surface area contributed by atoms with E-state index in [9.17, 15) is 9.59 Å². The first kappa shape index (κ1) is 15.0. The van der Waals surface area contributed by atoms with Crippen LogP contribution in [0.2, 0.25) is 0 Å². The molecule has 1 fully saturated rings. The van der Waals surface area contributed by atoms with E-state index in [1.807, 2.05) is 0 Å². The molecule has 22 heavy (non-hydrogen) atoms. The van der Waals surface area contributed by atoms with Crippen molar-refractivity contribution in [3.63, 3.8) is 0 Å². The van der Waals surface area contributed by atoms with Gasteiger partial charge in [0.2, 0.25) is 0 Å². The van der Waals surface area contributed by atoms with E-state index >= 15 is 0 Å². The highest BCUT2D eigenvalue weighted by atomic mass is 16.5. The average Bonchev–Trinajstić information content (AvgIpc) is 3.12. The summed E-state index contributed by atoms with van der Waals surface area (Å²) in [5.74, 6) is 0.705. The van der Waals surface area contributed by atoms with Gasteiger partial charge in [0.05, 0.1) is 0 Å². The Labute approximate surface area is 127 Å². The summed E-state index contributed by atoms with van der Waals surface area (Å²) in [4.78, 5) is 29.5. The van der Waals surface area contributed by atoms with E-state index < -0.39 is 0 Å². The summed E-state index contributed by atoms with van der Waals surface area (Å²) in [6.45, 7) is 1.45. The van der Waals surface area contributed by atoms with Crippen molar-refractivity contribution in [2.75, 3.05) is 13.2 Å².